The summed E-state index contributed by atoms with van der Waals surface area (Å²) in [6.07, 6.45) is 9.05. The Labute approximate surface area is 141 Å². The molecule has 0 bridgehead atoms. The van der Waals surface area contributed by atoms with Gasteiger partial charge < -0.3 is 5.32 Å². The fraction of sp³-hybridized carbons (Fsp3) is 0.647. The molecule has 24 heavy (non-hydrogen) atoms. The average molecular weight is 331 g/mol. The highest BCUT2D eigenvalue weighted by molar-refractivity contribution is 5.77. The van der Waals surface area contributed by atoms with Gasteiger partial charge in [-0.05, 0) is 24.7 Å². The normalized spacial score (nSPS) is 21.1. The number of aromatic nitrogens is 4. The van der Waals surface area contributed by atoms with Crippen LogP contribution in [0.3, 0.4) is 0 Å². The number of amides is 1. The second-order valence-electron chi connectivity index (χ2n) is 6.78. The first-order chi connectivity index (χ1) is 11.6. The zero-order valence-corrected chi connectivity index (χ0v) is 14.4. The molecule has 0 aliphatic heterocycles. The van der Waals surface area contributed by atoms with Gasteiger partial charge in [0.15, 0.2) is 5.65 Å². The lowest BCUT2D eigenvalue weighted by Gasteiger charge is -2.27. The molecule has 130 valence electrons. The van der Waals surface area contributed by atoms with E-state index in [0.29, 0.717) is 23.5 Å². The number of nitrogens with zero attached hydrogens (tertiary/aromatic N) is 4. The van der Waals surface area contributed by atoms with Gasteiger partial charge in [-0.25, -0.2) is 4.98 Å². The van der Waals surface area contributed by atoms with Gasteiger partial charge in [0.05, 0.1) is 6.20 Å². The number of hydrogen-bond donors (Lipinski definition) is 1. The maximum atomic E-state index is 12.3. The molecule has 7 nitrogen and oxygen atoms in total. The van der Waals surface area contributed by atoms with Gasteiger partial charge in [-0.15, -0.1) is 0 Å². The Morgan fingerprint density at radius 2 is 2.00 bits per heavy atom. The van der Waals surface area contributed by atoms with Crippen LogP contribution in [0, 0.1) is 11.8 Å². The maximum Gasteiger partial charge on any atom is 0.264 e. The molecule has 2 aromatic rings. The molecule has 0 atom stereocenters. The minimum Gasteiger partial charge on any atom is -0.354 e. The Morgan fingerprint density at radius 1 is 1.29 bits per heavy atom. The lowest BCUT2D eigenvalue weighted by molar-refractivity contribution is -0.122. The molecule has 0 saturated heterocycles. The molecule has 1 saturated carbocycles. The van der Waals surface area contributed by atoms with Crippen molar-refractivity contribution in [2.75, 3.05) is 6.54 Å². The zero-order chi connectivity index (χ0) is 17.1. The van der Waals surface area contributed by atoms with E-state index in [-0.39, 0.29) is 18.0 Å². The van der Waals surface area contributed by atoms with Crippen LogP contribution in [0.25, 0.3) is 11.0 Å². The van der Waals surface area contributed by atoms with Crippen LogP contribution in [0.1, 0.15) is 39.0 Å². The van der Waals surface area contributed by atoms with Gasteiger partial charge in [0.2, 0.25) is 5.91 Å². The van der Waals surface area contributed by atoms with Crippen molar-refractivity contribution in [1.29, 1.82) is 0 Å². The van der Waals surface area contributed by atoms with Gasteiger partial charge in [-0.1, -0.05) is 26.2 Å². The van der Waals surface area contributed by atoms with Crippen LogP contribution in [0.5, 0.6) is 0 Å². The molecule has 0 spiro atoms. The summed E-state index contributed by atoms with van der Waals surface area (Å²) < 4.78 is 2.89. The monoisotopic (exact) mass is 331 g/mol. The van der Waals surface area contributed by atoms with Gasteiger partial charge >= 0.3 is 0 Å². The van der Waals surface area contributed by atoms with Crippen molar-refractivity contribution in [2.45, 2.75) is 45.6 Å². The van der Waals surface area contributed by atoms with Crippen molar-refractivity contribution in [3.8, 4) is 0 Å². The smallest absolute Gasteiger partial charge is 0.264 e. The minimum absolute atomic E-state index is 0.000965. The van der Waals surface area contributed by atoms with Crippen molar-refractivity contribution < 1.29 is 4.79 Å². The predicted octanol–water partition coefficient (Wildman–Crippen LogP) is 1.46. The van der Waals surface area contributed by atoms with Gasteiger partial charge in [0.1, 0.15) is 18.3 Å². The molecule has 1 fully saturated rings. The SMILES string of the molecule is CCC1CCC(CNC(=O)Cn2cnc3c(cnn3C)c2=O)CC1. The van der Waals surface area contributed by atoms with Gasteiger partial charge in [0, 0.05) is 13.6 Å². The van der Waals surface area contributed by atoms with E-state index in [1.807, 2.05) is 0 Å². The molecule has 0 radical (unpaired) electrons. The van der Waals surface area contributed by atoms with E-state index >= 15 is 0 Å². The number of fused-ring (bicyclic) bond motifs is 1. The van der Waals surface area contributed by atoms with E-state index in [4.69, 9.17) is 0 Å². The molecule has 3 rings (SSSR count). The quantitative estimate of drug-likeness (QED) is 0.899. The summed E-state index contributed by atoms with van der Waals surface area (Å²) in [6, 6.07) is 0. The molecule has 1 amide bonds. The maximum absolute atomic E-state index is 12.3. The first-order valence-electron chi connectivity index (χ1n) is 8.72. The summed E-state index contributed by atoms with van der Waals surface area (Å²) in [5.41, 5.74) is 0.302. The topological polar surface area (TPSA) is 81.8 Å². The predicted molar refractivity (Wildman–Crippen MR) is 91.5 cm³/mol. The lowest BCUT2D eigenvalue weighted by atomic mass is 9.81. The third-order valence-corrected chi connectivity index (χ3v) is 5.16. The molecule has 1 aliphatic carbocycles. The number of nitrogens with one attached hydrogen (secondary N) is 1. The standard InChI is InChI=1S/C17H25N5O2/c1-3-12-4-6-13(7-5-12)8-18-15(23)10-22-11-19-16-14(17(22)24)9-20-21(16)2/h9,11-13H,3-8,10H2,1-2H3,(H,18,23). The summed E-state index contributed by atoms with van der Waals surface area (Å²) in [5.74, 6) is 1.28. The summed E-state index contributed by atoms with van der Waals surface area (Å²) >= 11 is 0. The Kier molecular flexibility index (Phi) is 4.97. The van der Waals surface area contributed by atoms with Gasteiger partial charge in [-0.2, -0.15) is 5.10 Å². The largest absolute Gasteiger partial charge is 0.354 e. The molecule has 2 heterocycles. The molecule has 7 heteroatoms. The van der Waals surface area contributed by atoms with Crippen LogP contribution in [0.4, 0.5) is 0 Å². The molecular formula is C17H25N5O2. The molecule has 0 aromatic carbocycles. The molecule has 1 N–H and O–H groups in total. The van der Waals surface area contributed by atoms with Crippen molar-refractivity contribution in [3.63, 3.8) is 0 Å². The minimum atomic E-state index is -0.230. The van der Waals surface area contributed by atoms with E-state index in [2.05, 4.69) is 22.3 Å². The second kappa shape index (κ2) is 7.15. The van der Waals surface area contributed by atoms with E-state index in [9.17, 15) is 9.59 Å². The van der Waals surface area contributed by atoms with Crippen molar-refractivity contribution in [3.05, 3.63) is 22.9 Å². The Morgan fingerprint density at radius 3 is 2.71 bits per heavy atom. The Hall–Kier alpha value is -2.18. The van der Waals surface area contributed by atoms with Crippen molar-refractivity contribution in [1.82, 2.24) is 24.6 Å². The third-order valence-electron chi connectivity index (χ3n) is 5.16. The van der Waals surface area contributed by atoms with Crippen LogP contribution < -0.4 is 10.9 Å². The summed E-state index contributed by atoms with van der Waals surface area (Å²) in [5, 5.41) is 7.43. The summed E-state index contributed by atoms with van der Waals surface area (Å²) in [7, 11) is 1.74. The first kappa shape index (κ1) is 16.7. The van der Waals surface area contributed by atoms with Crippen molar-refractivity contribution >= 4 is 16.9 Å². The van der Waals surface area contributed by atoms with E-state index in [0.717, 1.165) is 5.92 Å². The average Bonchev–Trinajstić information content (AvgIpc) is 2.98. The summed E-state index contributed by atoms with van der Waals surface area (Å²) in [6.45, 7) is 2.95. The highest BCUT2D eigenvalue weighted by Gasteiger charge is 2.20. The van der Waals surface area contributed by atoms with E-state index < -0.39 is 0 Å². The van der Waals surface area contributed by atoms with E-state index in [1.54, 1.807) is 11.7 Å². The zero-order valence-electron chi connectivity index (χ0n) is 14.4. The first-order valence-corrected chi connectivity index (χ1v) is 8.72. The lowest BCUT2D eigenvalue weighted by Crippen LogP contribution is -2.36. The number of aryl methyl sites for hydroxylation is 1. The van der Waals surface area contributed by atoms with Crippen LogP contribution in [0.15, 0.2) is 17.3 Å². The highest BCUT2D eigenvalue weighted by Crippen LogP contribution is 2.30. The molecule has 1 aliphatic rings. The number of carbonyl (C=O) groups excluding carboxylic acids is 1. The fourth-order valence-corrected chi connectivity index (χ4v) is 3.49. The number of carbonyl (C=O) groups is 1. The molecule has 0 unspecified atom stereocenters. The molecular weight excluding hydrogens is 306 g/mol. The number of rotatable bonds is 5. The van der Waals surface area contributed by atoms with Crippen LogP contribution in [-0.2, 0) is 18.4 Å². The summed E-state index contributed by atoms with van der Waals surface area (Å²) in [4.78, 5) is 28.7. The third kappa shape index (κ3) is 3.49. The Bertz CT molecular complexity index is 771. The second-order valence-corrected chi connectivity index (χ2v) is 6.78. The number of hydrogen-bond acceptors (Lipinski definition) is 4. The van der Waals surface area contributed by atoms with E-state index in [1.165, 1.54) is 49.2 Å². The van der Waals surface area contributed by atoms with Crippen LogP contribution >= 0.6 is 0 Å². The van der Waals surface area contributed by atoms with Crippen molar-refractivity contribution in [2.24, 2.45) is 18.9 Å². The molecule has 2 aromatic heterocycles. The van der Waals surface area contributed by atoms with Gasteiger partial charge in [-0.3, -0.25) is 18.8 Å². The highest BCUT2D eigenvalue weighted by atomic mass is 16.2. The van der Waals surface area contributed by atoms with Gasteiger partial charge in [0.25, 0.3) is 5.56 Å². The van der Waals surface area contributed by atoms with Crippen LogP contribution in [0.2, 0.25) is 0 Å². The fourth-order valence-electron chi connectivity index (χ4n) is 3.49. The van der Waals surface area contributed by atoms with Crippen LogP contribution in [-0.4, -0.2) is 31.8 Å². The Balaban J connectivity index is 1.56.